The minimum Gasteiger partial charge on any atom is -0.378 e. The molecule has 5 nitrogen and oxygen atoms in total. The van der Waals surface area contributed by atoms with Gasteiger partial charge in [-0.05, 0) is 0 Å². The van der Waals surface area contributed by atoms with Crippen LogP contribution < -0.4 is 0 Å². The van der Waals surface area contributed by atoms with Crippen molar-refractivity contribution in [2.45, 2.75) is 0 Å². The molecule has 1 fully saturated rings. The Morgan fingerprint density at radius 1 is 1.50 bits per heavy atom. The zero-order chi connectivity index (χ0) is 9.97. The Balaban J connectivity index is 2.11. The van der Waals surface area contributed by atoms with Gasteiger partial charge in [-0.3, -0.25) is 5.41 Å². The van der Waals surface area contributed by atoms with E-state index in [4.69, 9.17) is 10.1 Å². The first-order valence-electron chi connectivity index (χ1n) is 4.67. The molecule has 1 aliphatic rings. The Morgan fingerprint density at radius 3 is 2.79 bits per heavy atom. The van der Waals surface area contributed by atoms with E-state index >= 15 is 0 Å². The number of hydrogen-bond donors (Lipinski definition) is 1. The molecule has 76 valence electrons. The van der Waals surface area contributed by atoms with Crippen LogP contribution >= 0.6 is 0 Å². The third-order valence-electron chi connectivity index (χ3n) is 2.39. The van der Waals surface area contributed by atoms with Crippen molar-refractivity contribution in [2.75, 3.05) is 26.3 Å². The van der Waals surface area contributed by atoms with Crippen molar-refractivity contribution < 1.29 is 4.74 Å². The molecule has 2 rings (SSSR count). The van der Waals surface area contributed by atoms with Gasteiger partial charge in [-0.15, -0.1) is 0 Å². The first kappa shape index (κ1) is 9.21. The van der Waals surface area contributed by atoms with Crippen LogP contribution in [-0.2, 0) is 11.8 Å². The molecule has 0 aromatic carbocycles. The molecule has 1 saturated heterocycles. The van der Waals surface area contributed by atoms with Crippen LogP contribution in [0.5, 0.6) is 0 Å². The van der Waals surface area contributed by atoms with Gasteiger partial charge in [-0.1, -0.05) is 0 Å². The standard InChI is InChI=1S/C9H14N4O/c1-12-7-11-6-8(12)9(10)13-2-4-14-5-3-13/h6-7,10H,2-5H2,1H3. The van der Waals surface area contributed by atoms with E-state index in [1.165, 1.54) is 0 Å². The molecule has 1 aliphatic heterocycles. The molecule has 0 unspecified atom stereocenters. The molecule has 1 N–H and O–H groups in total. The molecular weight excluding hydrogens is 180 g/mol. The molecule has 0 radical (unpaired) electrons. The summed E-state index contributed by atoms with van der Waals surface area (Å²) in [7, 11) is 1.90. The largest absolute Gasteiger partial charge is 0.378 e. The predicted molar refractivity (Wildman–Crippen MR) is 52.4 cm³/mol. The highest BCUT2D eigenvalue weighted by molar-refractivity contribution is 5.94. The van der Waals surface area contributed by atoms with Gasteiger partial charge in [0.2, 0.25) is 0 Å². The van der Waals surface area contributed by atoms with Gasteiger partial charge in [0.1, 0.15) is 11.5 Å². The Labute approximate surface area is 82.8 Å². The van der Waals surface area contributed by atoms with Gasteiger partial charge in [-0.2, -0.15) is 0 Å². The third-order valence-corrected chi connectivity index (χ3v) is 2.39. The van der Waals surface area contributed by atoms with Crippen LogP contribution in [0.25, 0.3) is 0 Å². The number of morpholine rings is 1. The molecule has 5 heteroatoms. The number of aromatic nitrogens is 2. The number of imidazole rings is 1. The van der Waals surface area contributed by atoms with E-state index in [1.54, 1.807) is 12.5 Å². The zero-order valence-corrected chi connectivity index (χ0v) is 8.23. The van der Waals surface area contributed by atoms with Crippen LogP contribution in [0.3, 0.4) is 0 Å². The topological polar surface area (TPSA) is 54.1 Å². The molecule has 2 heterocycles. The molecule has 0 aliphatic carbocycles. The lowest BCUT2D eigenvalue weighted by atomic mass is 10.3. The van der Waals surface area contributed by atoms with Gasteiger partial charge in [0, 0.05) is 20.1 Å². The number of amidine groups is 1. The number of nitrogens with zero attached hydrogens (tertiary/aromatic N) is 3. The van der Waals surface area contributed by atoms with E-state index in [9.17, 15) is 0 Å². The van der Waals surface area contributed by atoms with E-state index in [2.05, 4.69) is 4.98 Å². The van der Waals surface area contributed by atoms with Gasteiger partial charge in [0.15, 0.2) is 0 Å². The summed E-state index contributed by atoms with van der Waals surface area (Å²) < 4.78 is 7.10. The monoisotopic (exact) mass is 194 g/mol. The smallest absolute Gasteiger partial charge is 0.146 e. The SMILES string of the molecule is Cn1cncc1C(=N)N1CCOCC1. The van der Waals surface area contributed by atoms with Crippen molar-refractivity contribution in [2.24, 2.45) is 7.05 Å². The van der Waals surface area contributed by atoms with Gasteiger partial charge >= 0.3 is 0 Å². The van der Waals surface area contributed by atoms with Gasteiger partial charge in [-0.25, -0.2) is 4.98 Å². The van der Waals surface area contributed by atoms with Crippen LogP contribution in [0.15, 0.2) is 12.5 Å². The first-order valence-corrected chi connectivity index (χ1v) is 4.67. The Bertz CT molecular complexity index is 327. The van der Waals surface area contributed by atoms with Crippen molar-refractivity contribution in [3.8, 4) is 0 Å². The number of rotatable bonds is 1. The third kappa shape index (κ3) is 1.63. The molecule has 0 saturated carbocycles. The first-order chi connectivity index (χ1) is 6.79. The second kappa shape index (κ2) is 3.79. The summed E-state index contributed by atoms with van der Waals surface area (Å²) in [6.45, 7) is 3.01. The summed E-state index contributed by atoms with van der Waals surface area (Å²) in [5, 5.41) is 7.99. The summed E-state index contributed by atoms with van der Waals surface area (Å²) in [5.74, 6) is 0.535. The lowest BCUT2D eigenvalue weighted by Gasteiger charge is -2.28. The Morgan fingerprint density at radius 2 is 2.21 bits per heavy atom. The highest BCUT2D eigenvalue weighted by atomic mass is 16.5. The average molecular weight is 194 g/mol. The minimum absolute atomic E-state index is 0.535. The van der Waals surface area contributed by atoms with Crippen molar-refractivity contribution in [1.82, 2.24) is 14.5 Å². The highest BCUT2D eigenvalue weighted by Crippen LogP contribution is 2.05. The van der Waals surface area contributed by atoms with E-state index < -0.39 is 0 Å². The number of hydrogen-bond acceptors (Lipinski definition) is 3. The lowest BCUT2D eigenvalue weighted by molar-refractivity contribution is 0.0678. The quantitative estimate of drug-likeness (QED) is 0.508. The second-order valence-electron chi connectivity index (χ2n) is 3.34. The van der Waals surface area contributed by atoms with Crippen molar-refractivity contribution >= 4 is 5.84 Å². The molecule has 0 atom stereocenters. The van der Waals surface area contributed by atoms with Crippen LogP contribution in [0.4, 0.5) is 0 Å². The summed E-state index contributed by atoms with van der Waals surface area (Å²) in [5.41, 5.74) is 0.854. The van der Waals surface area contributed by atoms with Crippen molar-refractivity contribution in [3.63, 3.8) is 0 Å². The van der Waals surface area contributed by atoms with Gasteiger partial charge < -0.3 is 14.2 Å². The number of ether oxygens (including phenoxy) is 1. The van der Waals surface area contributed by atoms with E-state index in [1.807, 2.05) is 16.5 Å². The van der Waals surface area contributed by atoms with E-state index in [0.29, 0.717) is 19.0 Å². The average Bonchev–Trinajstić information content (AvgIpc) is 2.65. The van der Waals surface area contributed by atoms with Crippen LogP contribution in [0.2, 0.25) is 0 Å². The summed E-state index contributed by atoms with van der Waals surface area (Å²) in [4.78, 5) is 6.02. The molecule has 1 aromatic rings. The normalized spacial score (nSPS) is 17.1. The summed E-state index contributed by atoms with van der Waals surface area (Å²) in [6, 6.07) is 0. The van der Waals surface area contributed by atoms with Crippen molar-refractivity contribution in [1.29, 1.82) is 5.41 Å². The fourth-order valence-corrected chi connectivity index (χ4v) is 1.53. The highest BCUT2D eigenvalue weighted by Gasteiger charge is 2.16. The predicted octanol–water partition coefficient (Wildman–Crippen LogP) is 0.0777. The molecule has 14 heavy (non-hydrogen) atoms. The molecular formula is C9H14N4O. The zero-order valence-electron chi connectivity index (χ0n) is 8.23. The number of nitrogens with one attached hydrogen (secondary N) is 1. The fraction of sp³-hybridized carbons (Fsp3) is 0.556. The summed E-state index contributed by atoms with van der Waals surface area (Å²) in [6.07, 6.45) is 3.43. The molecule has 1 aromatic heterocycles. The lowest BCUT2D eigenvalue weighted by Crippen LogP contribution is -2.41. The maximum absolute atomic E-state index is 7.99. The second-order valence-corrected chi connectivity index (χ2v) is 3.34. The Kier molecular flexibility index (Phi) is 2.49. The fourth-order valence-electron chi connectivity index (χ4n) is 1.53. The molecule has 0 bridgehead atoms. The van der Waals surface area contributed by atoms with E-state index in [0.717, 1.165) is 18.8 Å². The Hall–Kier alpha value is -1.36. The molecule has 0 spiro atoms. The number of aryl methyl sites for hydroxylation is 1. The van der Waals surface area contributed by atoms with Crippen LogP contribution in [-0.4, -0.2) is 46.6 Å². The minimum atomic E-state index is 0.535. The maximum Gasteiger partial charge on any atom is 0.146 e. The van der Waals surface area contributed by atoms with Crippen LogP contribution in [0, 0.1) is 5.41 Å². The maximum atomic E-state index is 7.99. The van der Waals surface area contributed by atoms with Gasteiger partial charge in [0.25, 0.3) is 0 Å². The van der Waals surface area contributed by atoms with Crippen LogP contribution in [0.1, 0.15) is 5.69 Å². The summed E-state index contributed by atoms with van der Waals surface area (Å²) >= 11 is 0. The van der Waals surface area contributed by atoms with Gasteiger partial charge in [0.05, 0.1) is 25.7 Å². The molecule has 0 amide bonds. The van der Waals surface area contributed by atoms with E-state index in [-0.39, 0.29) is 0 Å². The van der Waals surface area contributed by atoms with Crippen molar-refractivity contribution in [3.05, 3.63) is 18.2 Å².